The number of aromatic nitrogens is 2. The molecule has 0 saturated carbocycles. The summed E-state index contributed by atoms with van der Waals surface area (Å²) < 4.78 is 4.32. The average Bonchev–Trinajstić information content (AvgIpc) is 2.85. The molecule has 0 spiro atoms. The van der Waals surface area contributed by atoms with Crippen LogP contribution in [-0.2, 0) is 0 Å². The van der Waals surface area contributed by atoms with E-state index in [0.717, 1.165) is 11.3 Å². The van der Waals surface area contributed by atoms with Gasteiger partial charge in [-0.2, -0.15) is 5.10 Å². The van der Waals surface area contributed by atoms with Crippen molar-refractivity contribution in [1.82, 2.24) is 15.7 Å². The number of hydrazone groups is 1. The van der Waals surface area contributed by atoms with Crippen LogP contribution in [0.3, 0.4) is 0 Å². The van der Waals surface area contributed by atoms with Crippen molar-refractivity contribution in [3.8, 4) is 0 Å². The molecule has 0 aliphatic rings. The monoisotopic (exact) mass is 274 g/mol. The van der Waals surface area contributed by atoms with Crippen LogP contribution in [0.5, 0.6) is 0 Å². The fourth-order valence-electron chi connectivity index (χ4n) is 1.43. The van der Waals surface area contributed by atoms with Crippen molar-refractivity contribution >= 4 is 23.6 Å². The van der Waals surface area contributed by atoms with Gasteiger partial charge in [0.15, 0.2) is 0 Å². The minimum Gasteiger partial charge on any atom is -0.379 e. The third-order valence-electron chi connectivity index (χ3n) is 2.52. The molecule has 0 unspecified atom stereocenters. The summed E-state index contributed by atoms with van der Waals surface area (Å²) in [6, 6.07) is 7.67. The Morgan fingerprint density at radius 3 is 2.60 bits per heavy atom. The summed E-state index contributed by atoms with van der Waals surface area (Å²) >= 11 is 0. The second-order valence-corrected chi connectivity index (χ2v) is 4.18. The van der Waals surface area contributed by atoms with Crippen LogP contribution in [0.4, 0.5) is 11.5 Å². The third kappa shape index (κ3) is 3.10. The fourth-order valence-corrected chi connectivity index (χ4v) is 1.43. The Morgan fingerprint density at radius 2 is 2.05 bits per heavy atom. The van der Waals surface area contributed by atoms with E-state index in [1.165, 1.54) is 6.21 Å². The standard InChI is InChI=1S/C12H14N6O2/c1-18(2)9-5-3-8(4-6-9)7-14-15-12(19)10-11(13)17-20-16-10/h3-7H,1-2H3,(H2,13,17)(H,15,19)/b14-7-. The lowest BCUT2D eigenvalue weighted by atomic mass is 10.2. The molecule has 104 valence electrons. The van der Waals surface area contributed by atoms with Gasteiger partial charge < -0.3 is 10.6 Å². The summed E-state index contributed by atoms with van der Waals surface area (Å²) in [5.41, 5.74) is 9.51. The molecular formula is C12H14N6O2. The lowest BCUT2D eigenvalue weighted by Crippen LogP contribution is -2.19. The highest BCUT2D eigenvalue weighted by atomic mass is 16.6. The molecule has 1 aromatic heterocycles. The van der Waals surface area contributed by atoms with Crippen LogP contribution in [0.2, 0.25) is 0 Å². The van der Waals surface area contributed by atoms with E-state index in [4.69, 9.17) is 5.73 Å². The molecule has 2 rings (SSSR count). The van der Waals surface area contributed by atoms with E-state index in [9.17, 15) is 4.79 Å². The Morgan fingerprint density at radius 1 is 1.35 bits per heavy atom. The van der Waals surface area contributed by atoms with Crippen molar-refractivity contribution in [2.45, 2.75) is 0 Å². The van der Waals surface area contributed by atoms with Gasteiger partial charge in [-0.25, -0.2) is 10.1 Å². The average molecular weight is 274 g/mol. The summed E-state index contributed by atoms with van der Waals surface area (Å²) in [5, 5.41) is 10.5. The van der Waals surface area contributed by atoms with Gasteiger partial charge in [0.2, 0.25) is 11.5 Å². The Labute approximate surface area is 115 Å². The highest BCUT2D eigenvalue weighted by molar-refractivity contribution is 5.96. The lowest BCUT2D eigenvalue weighted by molar-refractivity contribution is 0.0946. The Kier molecular flexibility index (Phi) is 3.94. The number of hydrogen-bond acceptors (Lipinski definition) is 7. The number of carbonyl (C=O) groups excluding carboxylic acids is 1. The first-order chi connectivity index (χ1) is 9.58. The molecule has 2 aromatic rings. The minimum atomic E-state index is -0.579. The SMILES string of the molecule is CN(C)c1ccc(/C=N\NC(=O)c2nonc2N)cc1. The van der Waals surface area contributed by atoms with Gasteiger partial charge in [-0.3, -0.25) is 4.79 Å². The number of rotatable bonds is 4. The summed E-state index contributed by atoms with van der Waals surface area (Å²) in [6.07, 6.45) is 1.51. The molecule has 1 aromatic carbocycles. The maximum atomic E-state index is 11.6. The second kappa shape index (κ2) is 5.83. The van der Waals surface area contributed by atoms with Crippen molar-refractivity contribution in [2.75, 3.05) is 24.7 Å². The highest BCUT2D eigenvalue weighted by Gasteiger charge is 2.14. The van der Waals surface area contributed by atoms with Gasteiger partial charge in [0, 0.05) is 19.8 Å². The summed E-state index contributed by atoms with van der Waals surface area (Å²) in [4.78, 5) is 13.6. The molecule has 3 N–H and O–H groups in total. The van der Waals surface area contributed by atoms with Crippen molar-refractivity contribution in [3.05, 3.63) is 35.5 Å². The molecule has 20 heavy (non-hydrogen) atoms. The van der Waals surface area contributed by atoms with Crippen molar-refractivity contribution < 1.29 is 9.42 Å². The Balaban J connectivity index is 1.96. The van der Waals surface area contributed by atoms with E-state index in [2.05, 4.69) is 25.5 Å². The van der Waals surface area contributed by atoms with Crippen molar-refractivity contribution in [1.29, 1.82) is 0 Å². The molecule has 0 aliphatic heterocycles. The Hall–Kier alpha value is -2.90. The maximum absolute atomic E-state index is 11.6. The molecule has 0 fully saturated rings. The van der Waals surface area contributed by atoms with E-state index < -0.39 is 5.91 Å². The van der Waals surface area contributed by atoms with Crippen LogP contribution in [0.15, 0.2) is 34.0 Å². The molecule has 8 nitrogen and oxygen atoms in total. The van der Waals surface area contributed by atoms with E-state index in [0.29, 0.717) is 0 Å². The topological polar surface area (TPSA) is 110 Å². The Bertz CT molecular complexity index is 617. The number of nitrogens with one attached hydrogen (secondary N) is 1. The van der Waals surface area contributed by atoms with Crippen molar-refractivity contribution in [2.24, 2.45) is 5.10 Å². The van der Waals surface area contributed by atoms with Crippen LogP contribution in [-0.4, -0.2) is 36.5 Å². The van der Waals surface area contributed by atoms with Gasteiger partial charge in [-0.15, -0.1) is 0 Å². The molecule has 0 aliphatic carbocycles. The normalized spacial score (nSPS) is 10.7. The number of anilines is 2. The quantitative estimate of drug-likeness (QED) is 0.620. The molecule has 0 atom stereocenters. The number of carbonyl (C=O) groups is 1. The summed E-state index contributed by atoms with van der Waals surface area (Å²) in [5.74, 6) is -0.655. The number of benzene rings is 1. The first kappa shape index (κ1) is 13.5. The molecule has 0 saturated heterocycles. The van der Waals surface area contributed by atoms with Crippen LogP contribution >= 0.6 is 0 Å². The van der Waals surface area contributed by atoms with Gasteiger partial charge in [-0.1, -0.05) is 12.1 Å². The van der Waals surface area contributed by atoms with E-state index in [1.807, 2.05) is 43.3 Å². The zero-order chi connectivity index (χ0) is 14.5. The first-order valence-corrected chi connectivity index (χ1v) is 5.77. The van der Waals surface area contributed by atoms with Crippen LogP contribution in [0, 0.1) is 0 Å². The van der Waals surface area contributed by atoms with E-state index in [-0.39, 0.29) is 11.5 Å². The zero-order valence-electron chi connectivity index (χ0n) is 11.1. The fraction of sp³-hybridized carbons (Fsp3) is 0.167. The van der Waals surface area contributed by atoms with E-state index in [1.54, 1.807) is 0 Å². The van der Waals surface area contributed by atoms with Gasteiger partial charge in [0.25, 0.3) is 5.91 Å². The third-order valence-corrected chi connectivity index (χ3v) is 2.52. The zero-order valence-corrected chi connectivity index (χ0v) is 11.1. The second-order valence-electron chi connectivity index (χ2n) is 4.18. The minimum absolute atomic E-state index is 0.0759. The molecule has 8 heteroatoms. The number of nitrogen functional groups attached to an aromatic ring is 1. The molecule has 0 bridgehead atoms. The first-order valence-electron chi connectivity index (χ1n) is 5.77. The van der Waals surface area contributed by atoms with E-state index >= 15 is 0 Å². The molecule has 0 radical (unpaired) electrons. The molecule has 1 heterocycles. The summed E-state index contributed by atoms with van der Waals surface area (Å²) in [7, 11) is 3.92. The predicted octanol–water partition coefficient (Wildman–Crippen LogP) is 0.482. The maximum Gasteiger partial charge on any atom is 0.297 e. The van der Waals surface area contributed by atoms with Crippen molar-refractivity contribution in [3.63, 3.8) is 0 Å². The van der Waals surface area contributed by atoms with Gasteiger partial charge >= 0.3 is 0 Å². The summed E-state index contributed by atoms with van der Waals surface area (Å²) in [6.45, 7) is 0. The smallest absolute Gasteiger partial charge is 0.297 e. The number of amides is 1. The van der Waals surface area contributed by atoms with Gasteiger partial charge in [0.1, 0.15) is 0 Å². The van der Waals surface area contributed by atoms with Crippen LogP contribution < -0.4 is 16.1 Å². The molecular weight excluding hydrogens is 260 g/mol. The number of nitrogens with zero attached hydrogens (tertiary/aromatic N) is 4. The predicted molar refractivity (Wildman–Crippen MR) is 74.5 cm³/mol. The van der Waals surface area contributed by atoms with Gasteiger partial charge in [0.05, 0.1) is 6.21 Å². The lowest BCUT2D eigenvalue weighted by Gasteiger charge is -2.11. The van der Waals surface area contributed by atoms with Gasteiger partial charge in [-0.05, 0) is 28.0 Å². The van der Waals surface area contributed by atoms with Crippen LogP contribution in [0.25, 0.3) is 0 Å². The largest absolute Gasteiger partial charge is 0.379 e. The molecule has 1 amide bonds. The van der Waals surface area contributed by atoms with Crippen LogP contribution in [0.1, 0.15) is 16.1 Å². The number of hydrogen-bond donors (Lipinski definition) is 2. The number of nitrogens with two attached hydrogens (primary N) is 1. The highest BCUT2D eigenvalue weighted by Crippen LogP contribution is 2.10.